The number of H-pyrrole nitrogens is 2. The van der Waals surface area contributed by atoms with E-state index in [-0.39, 0.29) is 110 Å². The summed E-state index contributed by atoms with van der Waals surface area (Å²) in [6.07, 6.45) is 3.83. The number of Topliss-reactive ketones (excluding diaryl/α,β-unsaturated/α-hetero) is 2. The Morgan fingerprint density at radius 3 is 2.19 bits per heavy atom. The number of imidazole rings is 1. The average molecular weight is 1950 g/mol. The highest BCUT2D eigenvalue weighted by molar-refractivity contribution is 8.76. The first kappa shape index (κ1) is 102. The molecule has 134 heavy (non-hydrogen) atoms. The number of halogens is 2. The highest BCUT2D eigenvalue weighted by Gasteiger charge is 2.49. The number of alkyl halides is 2. The molecule has 4 aromatic heterocycles. The van der Waals surface area contributed by atoms with Crippen LogP contribution in [0.3, 0.4) is 0 Å². The van der Waals surface area contributed by atoms with Gasteiger partial charge in [0.1, 0.15) is 42.5 Å². The number of anilines is 3. The molecule has 6 aromatic rings. The molecule has 3 unspecified atom stereocenters. The fourth-order valence-corrected chi connectivity index (χ4v) is 19.4. The number of hydrogen-bond acceptors (Lipinski definition) is 30. The second kappa shape index (κ2) is 46.4. The molecule has 0 saturated carbocycles. The number of nitrogens with zero attached hydrogens (tertiary/aromatic N) is 8. The number of aromatic amines is 2. The van der Waals surface area contributed by atoms with E-state index in [0.29, 0.717) is 112 Å². The Morgan fingerprint density at radius 1 is 0.776 bits per heavy atom. The quantitative estimate of drug-likeness (QED) is 0.00445. The molecular formula is C87H107Cl2N21O21S3. The lowest BCUT2D eigenvalue weighted by molar-refractivity contribution is -0.142. The first-order valence-electron chi connectivity index (χ1n) is 43.3. The number of aliphatic carboxylic acids is 2. The summed E-state index contributed by atoms with van der Waals surface area (Å²) in [5.41, 5.74) is 19.8. The number of carboxylic acid groups (broad SMARTS) is 2. The van der Waals surface area contributed by atoms with Gasteiger partial charge in [0.2, 0.25) is 35.5 Å². The molecule has 47 heteroatoms. The third-order valence-electron chi connectivity index (χ3n) is 23.7. The van der Waals surface area contributed by atoms with Gasteiger partial charge >= 0.3 is 24.0 Å². The van der Waals surface area contributed by atoms with Gasteiger partial charge in [-0.25, -0.2) is 34.8 Å². The Morgan fingerprint density at radius 2 is 1.49 bits per heavy atom. The van der Waals surface area contributed by atoms with Gasteiger partial charge in [-0.1, -0.05) is 42.4 Å². The van der Waals surface area contributed by atoms with E-state index in [9.17, 15) is 90.3 Å². The number of hydrogen-bond donors (Lipinski definition) is 16. The summed E-state index contributed by atoms with van der Waals surface area (Å²) >= 11 is 12.2. The van der Waals surface area contributed by atoms with Gasteiger partial charge in [-0.3, -0.25) is 77.7 Å². The smallest absolute Gasteiger partial charge is 0.426 e. The maximum atomic E-state index is 14.7. The SMILES string of the molecule is CC[C@H]1/C2=C/c3[nH]c4c(c3C)C(=O)C(C(=O)OC)/C4=C3N=C(/C=C4\NC(CC(=N2)[C@@H]1C)C(C(C)=O)=C4C)[C@@H](C)[C@@H]/3CCC(=O)NCCCC(NC(=O)CCCc1nc2ccc(N(CCCl)CCCl)cc2n1C)C(=O)NNC(=O)OCCSSC[C@H](NC(=O)[C@H](CC(=O)NCCS(=O)(=O)O)NC(=O)CC[C@H](NC(=O)c1ccc(NCc2cnc3nc(N)[nH]c(=O)c3n2)cc1)C(=O)O)C(=O)O. The number of carbonyl (C=O) groups excluding carboxylic acids is 11. The standard InChI is InChI=1S/C87H107Cl2N21O21S3/c1-9-51-42(2)56-37-61-70(46(6)111)44(4)58(97-61)35-57-43(3)52(74(101-57)72-73(85(125)130-8)77(116)71-45(5)59(102-75(71)72)36-60(51)96-56)20-23-66(112)91-27-11-12-54(99-67(113)14-10-13-65-98-53-21-19-50(34-64(53)109(65)7)110(29-25-88)30-26-89)81(119)107-108-87(126)131-31-32-132-133-41-63(84(123)124)104-80(118)62(38-69(115)92-28-33-134(127,128)129)100-68(114)24-22-55(83(121)122)103-79(117)47-15-17-48(18-16-47)93-39-49-40-94-78-76(95-49)82(120)106-86(90)105-78/h15-19,21,34-36,40,42-43,51-52,54-55,61-63,73,93,97,102H,9-14,20,22-33,37-39,41H2,1-8H3,(H,91,112)(H,92,115)(H,99,113)(H,100,114)(H,103,117)(H,104,118)(H,107,119)(H,108,126)(H,121,122)(H,123,124)(H,127,128,129)(H3,90,94,105,106,120)/b58-35-,60-36-,74-72-/t42-,43+,51-,52+,54?,55+,61?,62+,63+,73?/m1/s1. The lowest BCUT2D eigenvalue weighted by Gasteiger charge is -2.22. The van der Waals surface area contributed by atoms with Crippen molar-refractivity contribution in [3.05, 3.63) is 133 Å². The van der Waals surface area contributed by atoms with Crippen molar-refractivity contribution >= 4 is 194 Å². The molecule has 1 aliphatic carbocycles. The zero-order valence-corrected chi connectivity index (χ0v) is 78.6. The van der Waals surface area contributed by atoms with Gasteiger partial charge in [0.15, 0.2) is 22.7 Å². The minimum atomic E-state index is -4.58. The van der Waals surface area contributed by atoms with Crippen LogP contribution in [0.4, 0.5) is 22.1 Å². The number of hydrazine groups is 1. The van der Waals surface area contributed by atoms with E-state index in [2.05, 4.69) is 97.1 Å². The number of esters is 1. The van der Waals surface area contributed by atoms with Crippen molar-refractivity contribution in [2.75, 3.05) is 84.9 Å². The molecule has 718 valence electrons. The Bertz CT molecular complexity index is 5950. The number of aromatic nitrogens is 7. The first-order valence-corrected chi connectivity index (χ1v) is 48.5. The van der Waals surface area contributed by atoms with Crippen LogP contribution in [-0.4, -0.2) is 245 Å². The highest BCUT2D eigenvalue weighted by Crippen LogP contribution is 2.50. The van der Waals surface area contributed by atoms with Crippen LogP contribution >= 0.6 is 44.8 Å². The number of allylic oxidation sites excluding steroid dienone is 4. The van der Waals surface area contributed by atoms with Gasteiger partial charge in [-0.05, 0) is 125 Å². The van der Waals surface area contributed by atoms with Crippen molar-refractivity contribution in [3.63, 3.8) is 0 Å². The lowest BCUT2D eigenvalue weighted by Crippen LogP contribution is -2.54. The van der Waals surface area contributed by atoms with Crippen LogP contribution in [0.15, 0.2) is 97.8 Å². The molecule has 0 saturated heterocycles. The lowest BCUT2D eigenvalue weighted by atomic mass is 9.83. The summed E-state index contributed by atoms with van der Waals surface area (Å²) in [5, 5.41) is 41.6. The molecule has 8 heterocycles. The second-order valence-electron chi connectivity index (χ2n) is 32.7. The average Bonchev–Trinajstić information content (AvgIpc) is 1.56. The summed E-state index contributed by atoms with van der Waals surface area (Å²) in [6.45, 7) is 11.6. The van der Waals surface area contributed by atoms with Crippen molar-refractivity contribution in [3.8, 4) is 0 Å². The van der Waals surface area contributed by atoms with Gasteiger partial charge in [-0.15, -0.1) is 23.2 Å². The molecule has 0 spiro atoms. The number of ether oxygens (including phenoxy) is 2. The van der Waals surface area contributed by atoms with Crippen LogP contribution in [0.1, 0.15) is 154 Å². The van der Waals surface area contributed by atoms with Crippen LogP contribution in [0.25, 0.3) is 33.8 Å². The van der Waals surface area contributed by atoms with Crippen molar-refractivity contribution in [2.24, 2.45) is 46.6 Å². The number of nitrogen functional groups attached to an aromatic ring is 1. The van der Waals surface area contributed by atoms with Crippen molar-refractivity contribution in [1.82, 2.24) is 82.5 Å². The van der Waals surface area contributed by atoms with E-state index in [0.717, 1.165) is 61.7 Å². The molecule has 8 amide bonds. The molecule has 4 aliphatic heterocycles. The van der Waals surface area contributed by atoms with Gasteiger partial charge in [-0.2, -0.15) is 13.4 Å². The topological polar surface area (TPSA) is 615 Å². The van der Waals surface area contributed by atoms with Crippen molar-refractivity contribution in [2.45, 2.75) is 155 Å². The Hall–Kier alpha value is -12.6. The number of amides is 8. The predicted octanol–water partition coefficient (Wildman–Crippen LogP) is 5.18. The van der Waals surface area contributed by atoms with Gasteiger partial charge in [0.05, 0.1) is 66.2 Å². The van der Waals surface area contributed by atoms with E-state index in [1.165, 1.54) is 37.6 Å². The minimum Gasteiger partial charge on any atom is -0.480 e. The molecule has 5 aliphatic rings. The van der Waals surface area contributed by atoms with E-state index >= 15 is 0 Å². The summed E-state index contributed by atoms with van der Waals surface area (Å²) in [5.74, 6) is -12.8. The number of nitrogens with two attached hydrogens (primary N) is 1. The molecule has 2 aromatic carbocycles. The maximum absolute atomic E-state index is 14.7. The Balaban J connectivity index is 0.693. The number of rotatable bonds is 45. The molecule has 0 radical (unpaired) electrons. The van der Waals surface area contributed by atoms with E-state index in [1.807, 2.05) is 62.7 Å². The monoisotopic (exact) mass is 1950 g/mol. The van der Waals surface area contributed by atoms with Gasteiger partial charge in [0, 0.05) is 174 Å². The summed E-state index contributed by atoms with van der Waals surface area (Å²) < 4.78 is 44.5. The molecule has 10 atom stereocenters. The van der Waals surface area contributed by atoms with Crippen LogP contribution in [-0.2, 0) is 87.6 Å². The molecule has 42 nitrogen and oxygen atoms in total. The number of carbonyl (C=O) groups is 13. The number of aliphatic imine (C=N–C) groups is 2. The normalized spacial score (nSPS) is 19.4. The Labute approximate surface area is 787 Å². The van der Waals surface area contributed by atoms with Crippen LogP contribution < -0.4 is 69.6 Å². The van der Waals surface area contributed by atoms with E-state index in [4.69, 9.17) is 53.4 Å². The number of nitrogens with one attached hydrogen (secondary N) is 12. The molecular weight excluding hydrogens is 1840 g/mol. The summed E-state index contributed by atoms with van der Waals surface area (Å²) in [4.78, 5) is 224. The number of aryl methyl sites for hydroxylation is 2. The number of carboxylic acids is 2. The maximum Gasteiger partial charge on any atom is 0.426 e. The predicted molar refractivity (Wildman–Crippen MR) is 502 cm³/mol. The number of ketones is 2. The molecule has 17 N–H and O–H groups in total. The molecule has 11 rings (SSSR count). The minimum absolute atomic E-state index is 0.00139. The third-order valence-corrected chi connectivity index (χ3v) is 27.1. The van der Waals surface area contributed by atoms with Crippen molar-refractivity contribution < 1.29 is 95.0 Å². The highest BCUT2D eigenvalue weighted by atomic mass is 35.5. The van der Waals surface area contributed by atoms with Crippen LogP contribution in [0.5, 0.6) is 0 Å². The number of methoxy groups -OCH3 is 1. The second-order valence-corrected chi connectivity index (χ2v) is 37.6. The largest absolute Gasteiger partial charge is 0.480 e. The Kier molecular flexibility index (Phi) is 35.3. The molecule has 0 fully saturated rings. The van der Waals surface area contributed by atoms with E-state index in [1.54, 1.807) is 6.92 Å². The fourth-order valence-electron chi connectivity index (χ4n) is 16.7. The van der Waals surface area contributed by atoms with E-state index < -0.39 is 160 Å². The first-order chi connectivity index (χ1) is 63.9. The van der Waals surface area contributed by atoms with Gasteiger partial charge in [0.25, 0.3) is 27.5 Å². The van der Waals surface area contributed by atoms with Crippen LogP contribution in [0, 0.1) is 36.5 Å². The third kappa shape index (κ3) is 25.9. The zero-order chi connectivity index (χ0) is 97.1. The van der Waals surface area contributed by atoms with Gasteiger partial charge < -0.3 is 82.4 Å². The summed E-state index contributed by atoms with van der Waals surface area (Å²) in [7, 11) is 0.348. The zero-order valence-electron chi connectivity index (χ0n) is 74.6. The number of fused-ring (bicyclic) bond motifs is 7. The van der Waals surface area contributed by atoms with Crippen molar-refractivity contribution in [1.29, 1.82) is 0 Å². The number of benzene rings is 2. The molecule has 8 bridgehead atoms. The van der Waals surface area contributed by atoms with Crippen LogP contribution in [0.2, 0.25) is 0 Å². The fraction of sp³-hybridized carbons (Fsp3) is 0.471. The summed E-state index contributed by atoms with van der Waals surface area (Å²) in [6, 6.07) is 4.55.